The fraction of sp³-hybridized carbons (Fsp3) is 0.455. The fourth-order valence-electron chi connectivity index (χ4n) is 5.43. The topological polar surface area (TPSA) is 143 Å². The molecule has 3 aromatic rings. The van der Waals surface area contributed by atoms with Crippen LogP contribution in [-0.2, 0) is 18.3 Å². The largest absolute Gasteiger partial charge is 0.506 e. The van der Waals surface area contributed by atoms with Gasteiger partial charge in [0.15, 0.2) is 0 Å². The van der Waals surface area contributed by atoms with Crippen LogP contribution in [0, 0.1) is 19.3 Å². The molecular formula is C33H44N6O5. The molecule has 5 rings (SSSR count). The number of nitrogens with one attached hydrogen (secondary N) is 1. The number of anilines is 3. The minimum atomic E-state index is -1.15. The summed E-state index contributed by atoms with van der Waals surface area (Å²) in [5.41, 5.74) is 11.0. The van der Waals surface area contributed by atoms with Gasteiger partial charge < -0.3 is 30.7 Å². The van der Waals surface area contributed by atoms with Crippen LogP contribution in [0.4, 0.5) is 22.0 Å². The molecule has 44 heavy (non-hydrogen) atoms. The van der Waals surface area contributed by atoms with E-state index in [2.05, 4.69) is 36.1 Å². The molecule has 0 radical (unpaired) electrons. The molecule has 2 amide bonds. The molecule has 1 fully saturated rings. The van der Waals surface area contributed by atoms with E-state index in [9.17, 15) is 14.4 Å². The van der Waals surface area contributed by atoms with Crippen LogP contribution in [0.3, 0.4) is 0 Å². The van der Waals surface area contributed by atoms with Crippen molar-refractivity contribution < 1.29 is 24.2 Å². The van der Waals surface area contributed by atoms with Gasteiger partial charge in [-0.3, -0.25) is 14.3 Å². The van der Waals surface area contributed by atoms with E-state index in [-0.39, 0.29) is 12.0 Å². The number of nitrogens with two attached hydrogens (primary N) is 1. The molecule has 3 heterocycles. The van der Waals surface area contributed by atoms with Gasteiger partial charge in [0, 0.05) is 36.8 Å². The van der Waals surface area contributed by atoms with E-state index in [1.54, 1.807) is 40.9 Å². The summed E-state index contributed by atoms with van der Waals surface area (Å²) < 4.78 is 6.54. The van der Waals surface area contributed by atoms with Crippen LogP contribution in [0.2, 0.25) is 0 Å². The second kappa shape index (κ2) is 13.5. The number of benzene rings is 2. The summed E-state index contributed by atoms with van der Waals surface area (Å²) in [4.78, 5) is 39.4. The van der Waals surface area contributed by atoms with Crippen LogP contribution in [0.15, 0.2) is 42.6 Å². The Hall–Kier alpha value is -4.38. The Morgan fingerprint density at radius 1 is 1.09 bits per heavy atom. The van der Waals surface area contributed by atoms with E-state index in [0.717, 1.165) is 60.8 Å². The van der Waals surface area contributed by atoms with Gasteiger partial charge in [-0.25, -0.2) is 4.79 Å². The van der Waals surface area contributed by atoms with E-state index in [0.29, 0.717) is 28.7 Å². The second-order valence-corrected chi connectivity index (χ2v) is 12.8. The monoisotopic (exact) mass is 604 g/mol. The van der Waals surface area contributed by atoms with E-state index < -0.39 is 12.1 Å². The number of rotatable bonds is 5. The highest BCUT2D eigenvalue weighted by atomic mass is 16.7. The maximum Gasteiger partial charge on any atom is 0.506 e. The van der Waals surface area contributed by atoms with E-state index >= 15 is 0 Å². The van der Waals surface area contributed by atoms with Gasteiger partial charge in [0.1, 0.15) is 11.9 Å². The number of carbonyl (C=O) groups excluding carboxylic acids is 2. The number of piperidine rings is 1. The zero-order valence-corrected chi connectivity index (χ0v) is 26.5. The van der Waals surface area contributed by atoms with Gasteiger partial charge in [0.2, 0.25) is 5.91 Å². The molecule has 11 heteroatoms. The number of carbonyl (C=O) groups is 3. The number of primary amides is 1. The number of aryl methyl sites for hydroxylation is 3. The number of fused-ring (bicyclic) bond motifs is 2. The summed E-state index contributed by atoms with van der Waals surface area (Å²) >= 11 is 0. The molecule has 0 saturated carbocycles. The Morgan fingerprint density at radius 3 is 2.41 bits per heavy atom. The predicted molar refractivity (Wildman–Crippen MR) is 171 cm³/mol. The van der Waals surface area contributed by atoms with Gasteiger partial charge in [-0.05, 0) is 86.5 Å². The first kappa shape index (κ1) is 32.5. The number of carboxylic acid groups (broad SMARTS) is 1. The average molecular weight is 605 g/mol. The lowest BCUT2D eigenvalue weighted by Crippen LogP contribution is -2.39. The summed E-state index contributed by atoms with van der Waals surface area (Å²) in [6.07, 6.45) is 3.36. The van der Waals surface area contributed by atoms with Gasteiger partial charge in [0.25, 0.3) is 5.91 Å². The van der Waals surface area contributed by atoms with Gasteiger partial charge in [-0.2, -0.15) is 5.10 Å². The summed E-state index contributed by atoms with van der Waals surface area (Å²) in [6, 6.07) is 10.9. The highest BCUT2D eigenvalue weighted by molar-refractivity contribution is 6.09. The summed E-state index contributed by atoms with van der Waals surface area (Å²) in [6.45, 7) is 13.9. The maximum absolute atomic E-state index is 13.4. The average Bonchev–Trinajstić information content (AvgIpc) is 3.19. The van der Waals surface area contributed by atoms with Crippen molar-refractivity contribution >= 4 is 35.2 Å². The zero-order chi connectivity index (χ0) is 32.2. The maximum atomic E-state index is 13.4. The molecule has 236 valence electrons. The first-order valence-corrected chi connectivity index (χ1v) is 14.9. The van der Waals surface area contributed by atoms with Gasteiger partial charge >= 0.3 is 6.16 Å². The highest BCUT2D eigenvalue weighted by Crippen LogP contribution is 2.37. The molecular weight excluding hydrogens is 560 g/mol. The quantitative estimate of drug-likeness (QED) is 0.319. The van der Waals surface area contributed by atoms with Gasteiger partial charge in [-0.1, -0.05) is 26.8 Å². The molecule has 0 atom stereocenters. The molecule has 0 spiro atoms. The molecule has 2 aromatic carbocycles. The van der Waals surface area contributed by atoms with E-state index in [1.807, 2.05) is 32.2 Å². The minimum absolute atomic E-state index is 0.0941. The van der Waals surface area contributed by atoms with Crippen LogP contribution in [0.5, 0.6) is 0 Å². The predicted octanol–water partition coefficient (Wildman–Crippen LogP) is 5.62. The number of ether oxygens (including phenoxy) is 1. The Labute approximate surface area is 259 Å². The SMILES string of the molecule is CC(C)(C)CCN1CCC(OC(=O)O)CC1.Cc1ccc2c(c1)Nc1c(cnn1C)CN2C(=O)c1ccc(C(N)=O)c(C)c1. The number of amides is 2. The van der Waals surface area contributed by atoms with Gasteiger partial charge in [-0.15, -0.1) is 0 Å². The van der Waals surface area contributed by atoms with Crippen molar-refractivity contribution in [1.29, 1.82) is 0 Å². The minimum Gasteiger partial charge on any atom is -0.450 e. The Kier molecular flexibility index (Phi) is 9.98. The number of nitrogens with zero attached hydrogens (tertiary/aromatic N) is 4. The van der Waals surface area contributed by atoms with Crippen LogP contribution in [0.1, 0.15) is 77.4 Å². The fourth-order valence-corrected chi connectivity index (χ4v) is 5.43. The van der Waals surface area contributed by atoms with E-state index in [4.69, 9.17) is 15.6 Å². The van der Waals surface area contributed by atoms with Crippen molar-refractivity contribution in [2.45, 2.75) is 66.5 Å². The number of likely N-dealkylation sites (tertiary alicyclic amines) is 1. The first-order chi connectivity index (χ1) is 20.7. The lowest BCUT2D eigenvalue weighted by Gasteiger charge is -2.32. The van der Waals surface area contributed by atoms with Crippen LogP contribution in [0.25, 0.3) is 0 Å². The lowest BCUT2D eigenvalue weighted by molar-refractivity contribution is 0.0185. The summed E-state index contributed by atoms with van der Waals surface area (Å²) in [5, 5.41) is 16.2. The number of hydrogen-bond acceptors (Lipinski definition) is 7. The second-order valence-electron chi connectivity index (χ2n) is 12.8. The van der Waals surface area contributed by atoms with Crippen LogP contribution < -0.4 is 16.0 Å². The standard InChI is InChI=1S/C21H21N5O2.C12H23NO3/c1-12-4-7-18-17(8-12)24-20-15(10-23-25(20)3)11-26(18)21(28)14-5-6-16(19(22)27)13(2)9-14;1-12(2,3)6-9-13-7-4-10(5-8-13)16-11(14)15/h4-10,24H,11H2,1-3H3,(H2,22,27);10H,4-9H2,1-3H3,(H,14,15). The Morgan fingerprint density at radius 2 is 1.80 bits per heavy atom. The highest BCUT2D eigenvalue weighted by Gasteiger charge is 2.27. The van der Waals surface area contributed by atoms with Crippen LogP contribution >= 0.6 is 0 Å². The van der Waals surface area contributed by atoms with Crippen molar-refractivity contribution in [3.63, 3.8) is 0 Å². The molecule has 0 unspecified atom stereocenters. The van der Waals surface area contributed by atoms with Crippen molar-refractivity contribution in [3.8, 4) is 0 Å². The molecule has 1 saturated heterocycles. The third-order valence-corrected chi connectivity index (χ3v) is 8.00. The van der Waals surface area contributed by atoms with Crippen molar-refractivity contribution in [2.24, 2.45) is 18.2 Å². The molecule has 11 nitrogen and oxygen atoms in total. The normalized spacial score (nSPS) is 15.2. The lowest BCUT2D eigenvalue weighted by atomic mass is 9.91. The molecule has 2 aliphatic heterocycles. The molecule has 0 aliphatic carbocycles. The zero-order valence-electron chi connectivity index (χ0n) is 26.5. The molecule has 0 bridgehead atoms. The van der Waals surface area contributed by atoms with Crippen molar-refractivity contribution in [1.82, 2.24) is 14.7 Å². The molecule has 2 aliphatic rings. The third-order valence-electron chi connectivity index (χ3n) is 8.00. The number of hydrogen-bond donors (Lipinski definition) is 3. The Bertz CT molecular complexity index is 1520. The van der Waals surface area contributed by atoms with E-state index in [1.165, 1.54) is 6.42 Å². The number of aromatic nitrogens is 2. The molecule has 4 N–H and O–H groups in total. The Balaban J connectivity index is 0.000000236. The smallest absolute Gasteiger partial charge is 0.450 e. The molecule has 1 aromatic heterocycles. The first-order valence-electron chi connectivity index (χ1n) is 14.9. The third kappa shape index (κ3) is 8.16. The van der Waals surface area contributed by atoms with Crippen LogP contribution in [-0.4, -0.2) is 63.5 Å². The van der Waals surface area contributed by atoms with Crippen molar-refractivity contribution in [3.05, 3.63) is 70.4 Å². The van der Waals surface area contributed by atoms with Crippen molar-refractivity contribution in [2.75, 3.05) is 29.9 Å². The van der Waals surface area contributed by atoms with Gasteiger partial charge in [0.05, 0.1) is 24.1 Å². The summed E-state index contributed by atoms with van der Waals surface area (Å²) in [7, 11) is 1.87. The summed E-state index contributed by atoms with van der Waals surface area (Å²) in [5.74, 6) is 0.210.